The van der Waals surface area contributed by atoms with Crippen molar-refractivity contribution in [3.63, 3.8) is 0 Å². The number of carbonyl (C=O) groups excluding carboxylic acids is 2. The van der Waals surface area contributed by atoms with Gasteiger partial charge in [0.15, 0.2) is 0 Å². The molecule has 0 aromatic carbocycles. The Morgan fingerprint density at radius 3 is 2.46 bits per heavy atom. The smallest absolute Gasteiger partial charge is 0.417 e. The molecule has 186 valence electrons. The van der Waals surface area contributed by atoms with E-state index in [0.717, 1.165) is 25.5 Å². The lowest BCUT2D eigenvalue weighted by atomic mass is 10.1. The predicted molar refractivity (Wildman–Crippen MR) is 121 cm³/mol. The summed E-state index contributed by atoms with van der Waals surface area (Å²) in [6, 6.07) is 4.44. The van der Waals surface area contributed by atoms with E-state index in [0.29, 0.717) is 55.5 Å². The quantitative estimate of drug-likeness (QED) is 0.630. The number of hydrogen-bond acceptors (Lipinski definition) is 6. The fraction of sp³-hybridized carbons (Fsp3) is 0.500. The average molecular weight is 489 g/mol. The maximum Gasteiger partial charge on any atom is 0.417 e. The van der Waals surface area contributed by atoms with Crippen LogP contribution in [-0.4, -0.2) is 65.7 Å². The highest BCUT2D eigenvalue weighted by Gasteiger charge is 2.37. The highest BCUT2D eigenvalue weighted by Crippen LogP contribution is 2.45. The van der Waals surface area contributed by atoms with Crippen LogP contribution < -0.4 is 9.80 Å². The number of hydrogen-bond donors (Lipinski definition) is 0. The number of pyridine rings is 2. The van der Waals surface area contributed by atoms with Gasteiger partial charge in [0.05, 0.1) is 17.2 Å². The lowest BCUT2D eigenvalue weighted by molar-refractivity contribution is -0.137. The molecule has 4 heterocycles. The summed E-state index contributed by atoms with van der Waals surface area (Å²) in [4.78, 5) is 38.7. The number of rotatable bonds is 5. The molecule has 35 heavy (non-hydrogen) atoms. The Labute approximate surface area is 200 Å². The number of cyclic esters (lactones) is 1. The monoisotopic (exact) mass is 489 g/mol. The molecule has 1 saturated carbocycles. The Hall–Kier alpha value is -3.37. The number of aromatic nitrogens is 2. The molecule has 2 amide bonds. The van der Waals surface area contributed by atoms with Crippen molar-refractivity contribution >= 4 is 23.6 Å². The van der Waals surface area contributed by atoms with E-state index < -0.39 is 17.8 Å². The average Bonchev–Trinajstić information content (AvgIpc) is 3.64. The van der Waals surface area contributed by atoms with Crippen LogP contribution >= 0.6 is 0 Å². The Morgan fingerprint density at radius 2 is 1.86 bits per heavy atom. The van der Waals surface area contributed by atoms with E-state index in [2.05, 4.69) is 9.97 Å². The van der Waals surface area contributed by atoms with Crippen molar-refractivity contribution in [1.82, 2.24) is 14.9 Å². The highest BCUT2D eigenvalue weighted by molar-refractivity contribution is 5.95. The summed E-state index contributed by atoms with van der Waals surface area (Å²) in [5, 5.41) is 0. The van der Waals surface area contributed by atoms with Gasteiger partial charge in [-0.25, -0.2) is 14.8 Å². The van der Waals surface area contributed by atoms with Crippen molar-refractivity contribution in [2.45, 2.75) is 44.3 Å². The number of nitrogens with zero attached hydrogens (tertiary/aromatic N) is 5. The molecule has 1 aliphatic carbocycles. The third-order valence-corrected chi connectivity index (χ3v) is 6.78. The number of anilines is 2. The molecule has 0 bridgehead atoms. The van der Waals surface area contributed by atoms with Gasteiger partial charge in [0.25, 0.3) is 5.91 Å². The van der Waals surface area contributed by atoms with Gasteiger partial charge in [-0.05, 0) is 48.9 Å². The van der Waals surface area contributed by atoms with Crippen LogP contribution in [0, 0.1) is 0 Å². The Bertz CT molecular complexity index is 1110. The summed E-state index contributed by atoms with van der Waals surface area (Å²) >= 11 is 0. The molecule has 2 saturated heterocycles. The molecule has 0 radical (unpaired) electrons. The van der Waals surface area contributed by atoms with E-state index in [9.17, 15) is 22.8 Å². The SMILES string of the molecule is CC[C@@H]1COC(=O)N1c1ccc(C(=O)N2CCN(c3ncc(C(F)(F)F)cc3C3CC3)CC2)cn1. The number of halogens is 3. The highest BCUT2D eigenvalue weighted by atomic mass is 19.4. The molecule has 11 heteroatoms. The zero-order chi connectivity index (χ0) is 24.7. The molecule has 2 aliphatic heterocycles. The third-order valence-electron chi connectivity index (χ3n) is 6.78. The van der Waals surface area contributed by atoms with Gasteiger partial charge < -0.3 is 14.5 Å². The van der Waals surface area contributed by atoms with E-state index in [-0.39, 0.29) is 17.9 Å². The minimum Gasteiger partial charge on any atom is -0.447 e. The van der Waals surface area contributed by atoms with Gasteiger partial charge in [-0.3, -0.25) is 9.69 Å². The molecule has 0 unspecified atom stereocenters. The molecule has 5 rings (SSSR count). The predicted octanol–water partition coefficient (Wildman–Crippen LogP) is 4.07. The van der Waals surface area contributed by atoms with Gasteiger partial charge in [0, 0.05) is 38.6 Å². The molecule has 3 fully saturated rings. The number of carbonyl (C=O) groups is 2. The van der Waals surface area contributed by atoms with Crippen LogP contribution in [-0.2, 0) is 10.9 Å². The molecule has 0 N–H and O–H groups in total. The minimum atomic E-state index is -4.42. The topological polar surface area (TPSA) is 78.9 Å². The molecule has 3 aliphatic rings. The summed E-state index contributed by atoms with van der Waals surface area (Å²) in [5.74, 6) is 0.968. The maximum atomic E-state index is 13.2. The van der Waals surface area contributed by atoms with Gasteiger partial charge in [0.2, 0.25) is 0 Å². The Balaban J connectivity index is 1.25. The van der Waals surface area contributed by atoms with E-state index >= 15 is 0 Å². The van der Waals surface area contributed by atoms with Gasteiger partial charge in [-0.15, -0.1) is 0 Å². The first-order chi connectivity index (χ1) is 16.8. The zero-order valence-corrected chi connectivity index (χ0v) is 19.3. The van der Waals surface area contributed by atoms with E-state index in [1.165, 1.54) is 17.2 Å². The zero-order valence-electron chi connectivity index (χ0n) is 19.3. The van der Waals surface area contributed by atoms with E-state index in [1.54, 1.807) is 17.0 Å². The normalized spacial score (nSPS) is 20.9. The second-order valence-corrected chi connectivity index (χ2v) is 9.10. The molecule has 1 atom stereocenters. The first kappa shape index (κ1) is 23.4. The van der Waals surface area contributed by atoms with Crippen LogP contribution in [0.15, 0.2) is 30.6 Å². The van der Waals surface area contributed by atoms with E-state index in [4.69, 9.17) is 4.74 Å². The van der Waals surface area contributed by atoms with Crippen LogP contribution in [0.4, 0.5) is 29.6 Å². The summed E-state index contributed by atoms with van der Waals surface area (Å²) in [7, 11) is 0. The Morgan fingerprint density at radius 1 is 1.11 bits per heavy atom. The van der Waals surface area contributed by atoms with E-state index in [1.807, 2.05) is 11.8 Å². The van der Waals surface area contributed by atoms with Crippen molar-refractivity contribution in [1.29, 1.82) is 0 Å². The number of alkyl halides is 3. The lowest BCUT2D eigenvalue weighted by Crippen LogP contribution is -2.49. The first-order valence-corrected chi connectivity index (χ1v) is 11.8. The molecular weight excluding hydrogens is 463 g/mol. The molecule has 8 nitrogen and oxygen atoms in total. The maximum absolute atomic E-state index is 13.2. The molecule has 2 aromatic rings. The number of piperazine rings is 1. The molecule has 2 aromatic heterocycles. The van der Waals surface area contributed by atoms with Crippen molar-refractivity contribution in [2.24, 2.45) is 0 Å². The fourth-order valence-corrected chi connectivity index (χ4v) is 4.59. The van der Waals surface area contributed by atoms with Crippen molar-refractivity contribution < 1.29 is 27.5 Å². The molecule has 0 spiro atoms. The fourth-order valence-electron chi connectivity index (χ4n) is 4.59. The number of ether oxygens (including phenoxy) is 1. The van der Waals surface area contributed by atoms with Crippen LogP contribution in [0.2, 0.25) is 0 Å². The van der Waals surface area contributed by atoms with Gasteiger partial charge in [-0.1, -0.05) is 6.92 Å². The number of amides is 2. The first-order valence-electron chi connectivity index (χ1n) is 11.8. The lowest BCUT2D eigenvalue weighted by Gasteiger charge is -2.36. The second kappa shape index (κ2) is 9.01. The van der Waals surface area contributed by atoms with Crippen molar-refractivity contribution in [2.75, 3.05) is 42.6 Å². The van der Waals surface area contributed by atoms with Crippen LogP contribution in [0.3, 0.4) is 0 Å². The van der Waals surface area contributed by atoms with Gasteiger partial charge in [-0.2, -0.15) is 13.2 Å². The van der Waals surface area contributed by atoms with Crippen molar-refractivity contribution in [3.8, 4) is 0 Å². The Kier molecular flexibility index (Phi) is 6.02. The van der Waals surface area contributed by atoms with Gasteiger partial charge >= 0.3 is 12.3 Å². The van der Waals surface area contributed by atoms with Crippen LogP contribution in [0.1, 0.15) is 53.6 Å². The van der Waals surface area contributed by atoms with Crippen LogP contribution in [0.5, 0.6) is 0 Å². The molecular formula is C24H26F3N5O3. The minimum absolute atomic E-state index is 0.0797. The largest absolute Gasteiger partial charge is 0.447 e. The van der Waals surface area contributed by atoms with Gasteiger partial charge in [0.1, 0.15) is 18.2 Å². The standard InChI is InChI=1S/C24H26F3N5O3/c1-2-18-14-35-23(34)32(18)20-6-5-16(12-28-20)22(33)31-9-7-30(8-10-31)21-19(15-3-4-15)11-17(13-29-21)24(25,26)27/h5-6,11-13,15,18H,2-4,7-10,14H2,1H3/t18-/m1/s1. The summed E-state index contributed by atoms with van der Waals surface area (Å²) in [6.07, 6.45) is -0.0414. The van der Waals surface area contributed by atoms with Crippen molar-refractivity contribution in [3.05, 3.63) is 47.3 Å². The third kappa shape index (κ3) is 4.63. The van der Waals surface area contributed by atoms with Crippen LogP contribution in [0.25, 0.3) is 0 Å². The summed E-state index contributed by atoms with van der Waals surface area (Å²) < 4.78 is 44.6. The summed E-state index contributed by atoms with van der Waals surface area (Å²) in [6.45, 7) is 4.08. The summed E-state index contributed by atoms with van der Waals surface area (Å²) in [5.41, 5.74) is 0.333. The second-order valence-electron chi connectivity index (χ2n) is 9.10.